The van der Waals surface area contributed by atoms with Crippen molar-refractivity contribution in [1.29, 1.82) is 0 Å². The van der Waals surface area contributed by atoms with Gasteiger partial charge >= 0.3 is 0 Å². The van der Waals surface area contributed by atoms with Gasteiger partial charge in [-0.05, 0) is 26.2 Å². The molecule has 1 saturated heterocycles. The predicted molar refractivity (Wildman–Crippen MR) is 67.1 cm³/mol. The van der Waals surface area contributed by atoms with Crippen LogP contribution < -0.4 is 5.32 Å². The van der Waals surface area contributed by atoms with Crippen LogP contribution in [-0.4, -0.2) is 29.1 Å². The van der Waals surface area contributed by atoms with Crippen LogP contribution in [0.2, 0.25) is 0 Å². The van der Waals surface area contributed by atoms with Gasteiger partial charge in [0.05, 0.1) is 12.2 Å². The number of carbonyl (C=O) groups is 1. The number of hydrogen-bond acceptors (Lipinski definition) is 2. The van der Waals surface area contributed by atoms with E-state index in [0.717, 1.165) is 19.3 Å². The Morgan fingerprint density at radius 3 is 2.50 bits per heavy atom. The van der Waals surface area contributed by atoms with Crippen molar-refractivity contribution in [3.63, 3.8) is 0 Å². The Kier molecular flexibility index (Phi) is 4.78. The molecule has 1 N–H and O–H groups in total. The van der Waals surface area contributed by atoms with Crippen molar-refractivity contribution >= 4 is 5.91 Å². The van der Waals surface area contributed by atoms with E-state index in [0.29, 0.717) is 17.9 Å². The Morgan fingerprint density at radius 2 is 2.00 bits per heavy atom. The molecule has 0 saturated carbocycles. The highest BCUT2D eigenvalue weighted by Crippen LogP contribution is 2.22. The van der Waals surface area contributed by atoms with Gasteiger partial charge in [0.15, 0.2) is 0 Å². The zero-order valence-electron chi connectivity index (χ0n) is 11.3. The lowest BCUT2D eigenvalue weighted by molar-refractivity contribution is -0.132. The minimum Gasteiger partial charge on any atom is -0.323 e. The van der Waals surface area contributed by atoms with Crippen molar-refractivity contribution in [2.45, 2.75) is 72.1 Å². The number of nitrogens with zero attached hydrogens (tertiary/aromatic N) is 1. The summed E-state index contributed by atoms with van der Waals surface area (Å²) in [7, 11) is 0. The Morgan fingerprint density at radius 1 is 1.38 bits per heavy atom. The zero-order chi connectivity index (χ0) is 12.3. The topological polar surface area (TPSA) is 32.3 Å². The number of nitrogens with one attached hydrogen (secondary N) is 1. The lowest BCUT2D eigenvalue weighted by atomic mass is 9.99. The fourth-order valence-corrected chi connectivity index (χ4v) is 2.48. The van der Waals surface area contributed by atoms with E-state index < -0.39 is 0 Å². The molecule has 1 heterocycles. The minimum atomic E-state index is 0.0477. The third-order valence-electron chi connectivity index (χ3n) is 3.90. The van der Waals surface area contributed by atoms with Crippen molar-refractivity contribution in [2.75, 3.05) is 0 Å². The van der Waals surface area contributed by atoms with E-state index in [1.54, 1.807) is 0 Å². The average Bonchev–Trinajstić information content (AvgIpc) is 2.53. The molecule has 3 heteroatoms. The predicted octanol–water partition coefficient (Wildman–Crippen LogP) is 2.37. The molecule has 16 heavy (non-hydrogen) atoms. The summed E-state index contributed by atoms with van der Waals surface area (Å²) in [6.07, 6.45) is 3.32. The summed E-state index contributed by atoms with van der Waals surface area (Å²) in [6.45, 7) is 10.8. The standard InChI is InChI=1S/C13H26N2O/c1-6-8-12-13(16)15(11(5)14-12)10(4)9(3)7-2/h9-12,14H,6-8H2,1-5H3. The summed E-state index contributed by atoms with van der Waals surface area (Å²) >= 11 is 0. The van der Waals surface area contributed by atoms with Gasteiger partial charge in [-0.1, -0.05) is 33.6 Å². The van der Waals surface area contributed by atoms with Crippen LogP contribution in [0.3, 0.4) is 0 Å². The Bertz CT molecular complexity index is 242. The van der Waals surface area contributed by atoms with E-state index in [-0.39, 0.29) is 12.2 Å². The highest BCUT2D eigenvalue weighted by atomic mass is 16.2. The molecule has 1 rings (SSSR count). The smallest absolute Gasteiger partial charge is 0.241 e. The zero-order valence-corrected chi connectivity index (χ0v) is 11.3. The van der Waals surface area contributed by atoms with Crippen LogP contribution in [0, 0.1) is 5.92 Å². The maximum Gasteiger partial charge on any atom is 0.241 e. The SMILES string of the molecule is CCCC1NC(C)N(C(C)C(C)CC)C1=O. The summed E-state index contributed by atoms with van der Waals surface area (Å²) in [6, 6.07) is 0.383. The van der Waals surface area contributed by atoms with Crippen molar-refractivity contribution < 1.29 is 4.79 Å². The molecular formula is C13H26N2O. The summed E-state index contributed by atoms with van der Waals surface area (Å²) in [5.41, 5.74) is 0. The van der Waals surface area contributed by atoms with E-state index in [1.807, 2.05) is 4.90 Å². The van der Waals surface area contributed by atoms with Crippen molar-refractivity contribution in [3.8, 4) is 0 Å². The van der Waals surface area contributed by atoms with Gasteiger partial charge < -0.3 is 4.90 Å². The van der Waals surface area contributed by atoms with E-state index in [4.69, 9.17) is 0 Å². The molecule has 0 radical (unpaired) electrons. The Hall–Kier alpha value is -0.570. The van der Waals surface area contributed by atoms with Crippen LogP contribution in [-0.2, 0) is 4.79 Å². The second kappa shape index (κ2) is 5.67. The van der Waals surface area contributed by atoms with Crippen LogP contribution in [0.5, 0.6) is 0 Å². The molecule has 4 unspecified atom stereocenters. The molecule has 1 aliphatic heterocycles. The molecule has 3 nitrogen and oxygen atoms in total. The molecule has 0 bridgehead atoms. The number of rotatable bonds is 5. The number of amides is 1. The third-order valence-corrected chi connectivity index (χ3v) is 3.90. The minimum absolute atomic E-state index is 0.0477. The van der Waals surface area contributed by atoms with Crippen molar-refractivity contribution in [3.05, 3.63) is 0 Å². The normalized spacial score (nSPS) is 29.6. The van der Waals surface area contributed by atoms with E-state index in [2.05, 4.69) is 39.9 Å². The maximum absolute atomic E-state index is 12.2. The summed E-state index contributed by atoms with van der Waals surface area (Å²) in [4.78, 5) is 14.3. The second-order valence-electron chi connectivity index (χ2n) is 5.06. The maximum atomic E-state index is 12.2. The molecule has 0 aliphatic carbocycles. The van der Waals surface area contributed by atoms with Gasteiger partial charge in [0, 0.05) is 6.04 Å². The summed E-state index contributed by atoms with van der Waals surface area (Å²) in [5.74, 6) is 0.857. The van der Waals surface area contributed by atoms with Crippen molar-refractivity contribution in [2.24, 2.45) is 5.92 Å². The first-order chi connectivity index (χ1) is 7.52. The van der Waals surface area contributed by atoms with Gasteiger partial charge in [0.25, 0.3) is 0 Å². The Balaban J connectivity index is 2.70. The van der Waals surface area contributed by atoms with Crippen LogP contribution >= 0.6 is 0 Å². The van der Waals surface area contributed by atoms with Crippen LogP contribution in [0.25, 0.3) is 0 Å². The van der Waals surface area contributed by atoms with E-state index in [9.17, 15) is 4.79 Å². The quantitative estimate of drug-likeness (QED) is 0.780. The second-order valence-corrected chi connectivity index (χ2v) is 5.06. The monoisotopic (exact) mass is 226 g/mol. The van der Waals surface area contributed by atoms with Gasteiger partial charge in [-0.15, -0.1) is 0 Å². The highest BCUT2D eigenvalue weighted by Gasteiger charge is 2.39. The van der Waals surface area contributed by atoms with Gasteiger partial charge in [-0.3, -0.25) is 10.1 Å². The lowest BCUT2D eigenvalue weighted by Gasteiger charge is -2.32. The van der Waals surface area contributed by atoms with E-state index in [1.165, 1.54) is 0 Å². The molecule has 0 aromatic carbocycles. The molecular weight excluding hydrogens is 200 g/mol. The fourth-order valence-electron chi connectivity index (χ4n) is 2.48. The molecule has 0 aromatic rings. The van der Waals surface area contributed by atoms with Crippen LogP contribution in [0.4, 0.5) is 0 Å². The van der Waals surface area contributed by atoms with Gasteiger partial charge in [0.2, 0.25) is 5.91 Å². The van der Waals surface area contributed by atoms with E-state index >= 15 is 0 Å². The molecule has 0 aromatic heterocycles. The largest absolute Gasteiger partial charge is 0.323 e. The van der Waals surface area contributed by atoms with Crippen molar-refractivity contribution in [1.82, 2.24) is 10.2 Å². The molecule has 1 fully saturated rings. The first kappa shape index (κ1) is 13.5. The number of hydrogen-bond donors (Lipinski definition) is 1. The third kappa shape index (κ3) is 2.57. The molecule has 1 amide bonds. The summed E-state index contributed by atoms with van der Waals surface area (Å²) < 4.78 is 0. The Labute approximate surface area is 99.6 Å². The molecule has 4 atom stereocenters. The lowest BCUT2D eigenvalue weighted by Crippen LogP contribution is -2.44. The molecule has 1 aliphatic rings. The summed E-state index contributed by atoms with van der Waals surface area (Å²) in [5, 5.41) is 3.39. The average molecular weight is 226 g/mol. The van der Waals surface area contributed by atoms with Gasteiger partial charge in [-0.2, -0.15) is 0 Å². The first-order valence-electron chi connectivity index (χ1n) is 6.61. The number of carbonyl (C=O) groups excluding carboxylic acids is 1. The van der Waals surface area contributed by atoms with Gasteiger partial charge in [-0.25, -0.2) is 0 Å². The molecule has 0 spiro atoms. The van der Waals surface area contributed by atoms with Crippen LogP contribution in [0.1, 0.15) is 53.9 Å². The van der Waals surface area contributed by atoms with Gasteiger partial charge in [0.1, 0.15) is 0 Å². The first-order valence-corrected chi connectivity index (χ1v) is 6.61. The highest BCUT2D eigenvalue weighted by molar-refractivity contribution is 5.84. The molecule has 94 valence electrons. The fraction of sp³-hybridized carbons (Fsp3) is 0.923. The van der Waals surface area contributed by atoms with Crippen LogP contribution in [0.15, 0.2) is 0 Å².